The van der Waals surface area contributed by atoms with Crippen molar-refractivity contribution in [1.82, 2.24) is 9.99 Å². The molecule has 1 unspecified atom stereocenters. The van der Waals surface area contributed by atoms with Crippen molar-refractivity contribution < 1.29 is 9.50 Å². The number of hydrogen-bond donors (Lipinski definition) is 3. The molecule has 0 bridgehead atoms. The van der Waals surface area contributed by atoms with Gasteiger partial charge in [0.05, 0.1) is 35.1 Å². The highest BCUT2D eigenvalue weighted by molar-refractivity contribution is 5.65. The summed E-state index contributed by atoms with van der Waals surface area (Å²) in [5.74, 6) is 5.68. The molecule has 2 rings (SSSR count). The summed E-state index contributed by atoms with van der Waals surface area (Å²) in [5, 5.41) is 10.7. The Morgan fingerprint density at radius 2 is 2.26 bits per heavy atom. The van der Waals surface area contributed by atoms with Crippen molar-refractivity contribution in [2.75, 3.05) is 31.6 Å². The van der Waals surface area contributed by atoms with Gasteiger partial charge in [-0.1, -0.05) is 6.92 Å². The van der Waals surface area contributed by atoms with Gasteiger partial charge in [-0.05, 0) is 31.4 Å². The molecule has 128 valence electrons. The van der Waals surface area contributed by atoms with Crippen LogP contribution in [0.5, 0.6) is 0 Å². The minimum atomic E-state index is -0.787. The highest BCUT2D eigenvalue weighted by Crippen LogP contribution is 2.26. The van der Waals surface area contributed by atoms with E-state index >= 15 is 0 Å². The topological polar surface area (TPSA) is 91.6 Å². The fourth-order valence-corrected chi connectivity index (χ4v) is 2.87. The van der Waals surface area contributed by atoms with E-state index in [9.17, 15) is 9.50 Å². The summed E-state index contributed by atoms with van der Waals surface area (Å²) < 4.78 is 13.7. The summed E-state index contributed by atoms with van der Waals surface area (Å²) in [5.41, 5.74) is 9.24. The normalized spacial score (nSPS) is 19.5. The highest BCUT2D eigenvalue weighted by Gasteiger charge is 2.22. The summed E-state index contributed by atoms with van der Waals surface area (Å²) in [6, 6.07) is 3.72. The van der Waals surface area contributed by atoms with Gasteiger partial charge in [0.25, 0.3) is 0 Å². The maximum Gasteiger partial charge on any atom is 0.118 e. The van der Waals surface area contributed by atoms with Crippen molar-refractivity contribution in [3.63, 3.8) is 0 Å². The summed E-state index contributed by atoms with van der Waals surface area (Å²) in [4.78, 5) is 6.65. The Bertz CT molecular complexity index is 576. The van der Waals surface area contributed by atoms with E-state index in [-0.39, 0.29) is 6.61 Å². The third-order valence-corrected chi connectivity index (χ3v) is 4.15. The molecule has 0 saturated carbocycles. The lowest BCUT2D eigenvalue weighted by atomic mass is 10.1. The van der Waals surface area contributed by atoms with Crippen LogP contribution in [0.4, 0.5) is 10.1 Å². The Kier molecular flexibility index (Phi) is 5.79. The molecule has 1 fully saturated rings. The molecule has 2 heterocycles. The molecule has 1 aliphatic rings. The second-order valence-corrected chi connectivity index (χ2v) is 5.83. The first-order valence-electron chi connectivity index (χ1n) is 7.95. The number of piperidine rings is 1. The maximum atomic E-state index is 13.7. The first-order chi connectivity index (χ1) is 11.0. The zero-order valence-electron chi connectivity index (χ0n) is 13.8. The van der Waals surface area contributed by atoms with Crippen molar-refractivity contribution in [3.8, 4) is 0 Å². The molecule has 1 saturated heterocycles. The van der Waals surface area contributed by atoms with Crippen molar-refractivity contribution in [2.45, 2.75) is 32.4 Å². The van der Waals surface area contributed by atoms with E-state index in [2.05, 4.69) is 4.98 Å². The highest BCUT2D eigenvalue weighted by atomic mass is 19.1. The molecule has 6 nitrogen and oxygen atoms in total. The molecule has 1 aromatic rings. The lowest BCUT2D eigenvalue weighted by molar-refractivity contribution is 0.278. The van der Waals surface area contributed by atoms with E-state index in [4.69, 9.17) is 11.6 Å². The fraction of sp³-hybridized carbons (Fsp3) is 0.562. The van der Waals surface area contributed by atoms with Crippen LogP contribution in [0.15, 0.2) is 17.8 Å². The van der Waals surface area contributed by atoms with Gasteiger partial charge in [0.2, 0.25) is 0 Å². The minimum Gasteiger partial charge on any atom is -0.395 e. The van der Waals surface area contributed by atoms with Gasteiger partial charge >= 0.3 is 0 Å². The van der Waals surface area contributed by atoms with E-state index in [0.717, 1.165) is 30.8 Å². The molecule has 0 radical (unpaired) electrons. The Labute approximate surface area is 136 Å². The van der Waals surface area contributed by atoms with Crippen LogP contribution in [0.3, 0.4) is 0 Å². The molecule has 1 atom stereocenters. The molecule has 1 aliphatic heterocycles. The second kappa shape index (κ2) is 7.61. The van der Waals surface area contributed by atoms with Crippen LogP contribution in [0.2, 0.25) is 0 Å². The number of aryl methyl sites for hydroxylation is 1. The van der Waals surface area contributed by atoms with Crippen molar-refractivity contribution in [2.24, 2.45) is 11.6 Å². The summed E-state index contributed by atoms with van der Waals surface area (Å²) in [6.07, 6.45) is 1.41. The van der Waals surface area contributed by atoms with Gasteiger partial charge in [0.1, 0.15) is 6.17 Å². The lowest BCUT2D eigenvalue weighted by Crippen LogP contribution is -2.37. The Morgan fingerprint density at radius 1 is 1.52 bits per heavy atom. The maximum absolute atomic E-state index is 13.7. The van der Waals surface area contributed by atoms with Crippen molar-refractivity contribution >= 4 is 11.4 Å². The summed E-state index contributed by atoms with van der Waals surface area (Å²) >= 11 is 0. The monoisotopic (exact) mass is 323 g/mol. The number of likely N-dealkylation sites (N-methyl/N-ethyl adjacent to an activating group) is 1. The van der Waals surface area contributed by atoms with E-state index in [1.165, 1.54) is 5.01 Å². The van der Waals surface area contributed by atoms with Crippen LogP contribution in [0.1, 0.15) is 31.2 Å². The number of hydrogen-bond acceptors (Lipinski definition) is 6. The van der Waals surface area contributed by atoms with Crippen molar-refractivity contribution in [3.05, 3.63) is 29.2 Å². The number of pyridine rings is 1. The predicted molar refractivity (Wildman–Crippen MR) is 90.1 cm³/mol. The lowest BCUT2D eigenvalue weighted by Gasteiger charge is -2.32. The van der Waals surface area contributed by atoms with Crippen LogP contribution < -0.4 is 16.5 Å². The van der Waals surface area contributed by atoms with Gasteiger partial charge in [-0.15, -0.1) is 0 Å². The molecule has 0 amide bonds. The number of aliphatic hydroxyl groups excluding tert-OH is 1. The third kappa shape index (κ3) is 3.92. The second-order valence-electron chi connectivity index (χ2n) is 5.83. The SMILES string of the molecule is CCc1nc(/C(N)=C(\CO)N(C)N)ccc1N1CCCC(F)C1. The standard InChI is InChI=1S/C16H26FN5O/c1-3-12-14(22-8-4-5-11(17)9-22)7-6-13(20-12)16(18)15(10-23)21(2)19/h6-7,11,23H,3-5,8-10,18-19H2,1-2H3/b16-15-. The molecule has 0 aromatic carbocycles. The smallest absolute Gasteiger partial charge is 0.118 e. The van der Waals surface area contributed by atoms with Gasteiger partial charge in [-0.2, -0.15) is 0 Å². The first kappa shape index (κ1) is 17.5. The number of hydrazine groups is 1. The van der Waals surface area contributed by atoms with Gasteiger partial charge in [-0.25, -0.2) is 15.2 Å². The molecule has 7 heteroatoms. The summed E-state index contributed by atoms with van der Waals surface area (Å²) in [7, 11) is 1.61. The fourth-order valence-electron chi connectivity index (χ4n) is 2.87. The molecular weight excluding hydrogens is 297 g/mol. The van der Waals surface area contributed by atoms with E-state index in [1.807, 2.05) is 17.9 Å². The minimum absolute atomic E-state index is 0.265. The quantitative estimate of drug-likeness (QED) is 0.553. The Balaban J connectivity index is 2.36. The predicted octanol–water partition coefficient (Wildman–Crippen LogP) is 1.01. The molecule has 1 aromatic heterocycles. The molecular formula is C16H26FN5O. The molecule has 5 N–H and O–H groups in total. The van der Waals surface area contributed by atoms with E-state index < -0.39 is 6.17 Å². The van der Waals surface area contributed by atoms with Gasteiger partial charge in [0, 0.05) is 20.1 Å². The number of aliphatic hydroxyl groups is 1. The number of nitrogens with two attached hydrogens (primary N) is 2. The van der Waals surface area contributed by atoms with Gasteiger partial charge in [0.15, 0.2) is 0 Å². The number of rotatable bonds is 5. The van der Waals surface area contributed by atoms with Crippen LogP contribution in [0.25, 0.3) is 5.70 Å². The van der Waals surface area contributed by atoms with Crippen LogP contribution in [-0.4, -0.2) is 48.0 Å². The molecule has 0 spiro atoms. The molecule has 23 heavy (non-hydrogen) atoms. The Hall–Kier alpha value is -1.86. The van der Waals surface area contributed by atoms with Crippen LogP contribution in [-0.2, 0) is 6.42 Å². The third-order valence-electron chi connectivity index (χ3n) is 4.15. The van der Waals surface area contributed by atoms with Crippen LogP contribution >= 0.6 is 0 Å². The number of alkyl halides is 1. The van der Waals surface area contributed by atoms with E-state index in [0.29, 0.717) is 30.1 Å². The number of anilines is 1. The number of aromatic nitrogens is 1. The zero-order chi connectivity index (χ0) is 17.0. The van der Waals surface area contributed by atoms with Gasteiger partial charge < -0.3 is 20.7 Å². The average molecular weight is 323 g/mol. The van der Waals surface area contributed by atoms with Gasteiger partial charge in [-0.3, -0.25) is 0 Å². The average Bonchev–Trinajstić information content (AvgIpc) is 2.54. The van der Waals surface area contributed by atoms with E-state index in [1.54, 1.807) is 13.1 Å². The zero-order valence-corrected chi connectivity index (χ0v) is 13.8. The first-order valence-corrected chi connectivity index (χ1v) is 7.95. The number of nitrogens with zero attached hydrogens (tertiary/aromatic N) is 3. The van der Waals surface area contributed by atoms with Crippen molar-refractivity contribution in [1.29, 1.82) is 0 Å². The molecule has 0 aliphatic carbocycles. The van der Waals surface area contributed by atoms with Crippen LogP contribution in [0, 0.1) is 0 Å². The Morgan fingerprint density at radius 3 is 2.83 bits per heavy atom. The largest absolute Gasteiger partial charge is 0.395 e. The number of halogens is 1. The summed E-state index contributed by atoms with van der Waals surface area (Å²) in [6.45, 7) is 2.99.